The minimum absolute atomic E-state index is 0.0469. The second-order valence-corrected chi connectivity index (χ2v) is 12.1. The lowest BCUT2D eigenvalue weighted by Gasteiger charge is -2.34. The largest absolute Gasteiger partial charge is 0.417 e. The smallest absolute Gasteiger partial charge is 0.352 e. The molecule has 0 aliphatic rings. The van der Waals surface area contributed by atoms with E-state index in [-0.39, 0.29) is 24.7 Å². The minimum atomic E-state index is -4.85. The first-order chi connectivity index (χ1) is 19.2. The molecule has 0 aliphatic heterocycles. The molecular formula is C29H31ClF3N3O4S. The zero-order valence-corrected chi connectivity index (χ0v) is 24.3. The number of nitrogens with zero attached hydrogens (tertiary/aromatic N) is 2. The third-order valence-electron chi connectivity index (χ3n) is 6.12. The maximum absolute atomic E-state index is 13.9. The standard InChI is InChI=1S/C29H31ClF3N3O4S/c1-20(2)34-28(38)26(16-21-10-6-4-7-11-21)35(18-22-12-8-5-9-13-22)27(37)19-36(41(3,39)40)23-14-15-25(30)24(17-23)29(31,32)33/h4-15,17,20,26H,16,18-19H2,1-3H3,(H,34,38). The fourth-order valence-electron chi connectivity index (χ4n) is 4.21. The molecule has 12 heteroatoms. The molecule has 41 heavy (non-hydrogen) atoms. The van der Waals surface area contributed by atoms with Crippen LogP contribution in [0.3, 0.4) is 0 Å². The van der Waals surface area contributed by atoms with Gasteiger partial charge in [-0.25, -0.2) is 8.42 Å². The lowest BCUT2D eigenvalue weighted by atomic mass is 10.0. The molecule has 3 rings (SSSR count). The maximum Gasteiger partial charge on any atom is 0.417 e. The summed E-state index contributed by atoms with van der Waals surface area (Å²) < 4.78 is 66.8. The topological polar surface area (TPSA) is 86.8 Å². The van der Waals surface area contributed by atoms with Crippen molar-refractivity contribution in [2.75, 3.05) is 17.1 Å². The Morgan fingerprint density at radius 2 is 1.49 bits per heavy atom. The van der Waals surface area contributed by atoms with Crippen molar-refractivity contribution >= 4 is 39.1 Å². The second-order valence-electron chi connectivity index (χ2n) is 9.81. The van der Waals surface area contributed by atoms with Crippen molar-refractivity contribution < 1.29 is 31.2 Å². The van der Waals surface area contributed by atoms with Gasteiger partial charge in [-0.3, -0.25) is 13.9 Å². The van der Waals surface area contributed by atoms with Crippen molar-refractivity contribution in [3.05, 3.63) is 101 Å². The van der Waals surface area contributed by atoms with E-state index in [1.165, 1.54) is 4.90 Å². The second kappa shape index (κ2) is 13.4. The fourth-order valence-corrected chi connectivity index (χ4v) is 5.28. The van der Waals surface area contributed by atoms with Crippen LogP contribution < -0.4 is 9.62 Å². The van der Waals surface area contributed by atoms with Crippen LogP contribution in [0.15, 0.2) is 78.9 Å². The van der Waals surface area contributed by atoms with Crippen LogP contribution in [0, 0.1) is 0 Å². The van der Waals surface area contributed by atoms with Gasteiger partial charge in [0, 0.05) is 19.0 Å². The van der Waals surface area contributed by atoms with Crippen molar-refractivity contribution in [2.45, 2.75) is 45.1 Å². The number of benzene rings is 3. The Bertz CT molecular complexity index is 1450. The number of halogens is 4. The van der Waals surface area contributed by atoms with Crippen molar-refractivity contribution in [1.82, 2.24) is 10.2 Å². The molecule has 220 valence electrons. The molecule has 3 aromatic rings. The highest BCUT2D eigenvalue weighted by Gasteiger charge is 2.36. The molecule has 0 aromatic heterocycles. The van der Waals surface area contributed by atoms with Gasteiger partial charge in [0.25, 0.3) is 0 Å². The van der Waals surface area contributed by atoms with Gasteiger partial charge in [-0.1, -0.05) is 72.3 Å². The number of nitrogens with one attached hydrogen (secondary N) is 1. The summed E-state index contributed by atoms with van der Waals surface area (Å²) in [6.07, 6.45) is -3.94. The van der Waals surface area contributed by atoms with E-state index in [4.69, 9.17) is 11.6 Å². The molecule has 0 spiro atoms. The molecule has 0 bridgehead atoms. The van der Waals surface area contributed by atoms with E-state index in [0.29, 0.717) is 15.9 Å². The first-order valence-electron chi connectivity index (χ1n) is 12.7. The summed E-state index contributed by atoms with van der Waals surface area (Å²) >= 11 is 5.73. The fraction of sp³-hybridized carbons (Fsp3) is 0.310. The first kappa shape index (κ1) is 32.0. The molecule has 1 unspecified atom stereocenters. The Kier molecular flexibility index (Phi) is 10.4. The number of carbonyl (C=O) groups excluding carboxylic acids is 2. The summed E-state index contributed by atoms with van der Waals surface area (Å²) in [7, 11) is -4.24. The molecule has 2 amide bonds. The van der Waals surface area contributed by atoms with Crippen LogP contribution in [0.4, 0.5) is 18.9 Å². The van der Waals surface area contributed by atoms with E-state index in [9.17, 15) is 31.2 Å². The van der Waals surface area contributed by atoms with Crippen molar-refractivity contribution in [2.24, 2.45) is 0 Å². The highest BCUT2D eigenvalue weighted by molar-refractivity contribution is 7.92. The average Bonchev–Trinajstić information content (AvgIpc) is 2.89. The lowest BCUT2D eigenvalue weighted by Crippen LogP contribution is -2.54. The third kappa shape index (κ3) is 8.96. The number of hydrogen-bond acceptors (Lipinski definition) is 4. The van der Waals surface area contributed by atoms with Crippen LogP contribution in [-0.4, -0.2) is 50.0 Å². The molecule has 1 atom stereocenters. The SMILES string of the molecule is CC(C)NC(=O)C(Cc1ccccc1)N(Cc1ccccc1)C(=O)CN(c1ccc(Cl)c(C(F)(F)F)c1)S(C)(=O)=O. The molecule has 0 saturated carbocycles. The molecule has 1 N–H and O–H groups in total. The van der Waals surface area contributed by atoms with Gasteiger partial charge in [-0.05, 0) is 43.2 Å². The molecular weight excluding hydrogens is 579 g/mol. The van der Waals surface area contributed by atoms with Crippen LogP contribution in [0.5, 0.6) is 0 Å². The molecule has 0 radical (unpaired) electrons. The number of sulfonamides is 1. The number of alkyl halides is 3. The molecule has 0 fully saturated rings. The van der Waals surface area contributed by atoms with Crippen molar-refractivity contribution in [3.63, 3.8) is 0 Å². The van der Waals surface area contributed by atoms with E-state index in [2.05, 4.69) is 5.32 Å². The number of carbonyl (C=O) groups is 2. The van der Waals surface area contributed by atoms with E-state index >= 15 is 0 Å². The summed E-state index contributed by atoms with van der Waals surface area (Å²) in [5, 5.41) is 2.21. The Morgan fingerprint density at radius 3 is 2.00 bits per heavy atom. The summed E-state index contributed by atoms with van der Waals surface area (Å²) in [4.78, 5) is 28.7. The van der Waals surface area contributed by atoms with Gasteiger partial charge in [0.2, 0.25) is 21.8 Å². The summed E-state index contributed by atoms with van der Waals surface area (Å²) in [6.45, 7) is 2.65. The summed E-state index contributed by atoms with van der Waals surface area (Å²) in [5.41, 5.74) is -0.191. The molecule has 0 heterocycles. The Labute approximate surface area is 243 Å². The number of rotatable bonds is 11. The minimum Gasteiger partial charge on any atom is -0.352 e. The van der Waals surface area contributed by atoms with Gasteiger partial charge in [0.1, 0.15) is 12.6 Å². The normalized spacial score (nSPS) is 12.6. The molecule has 3 aromatic carbocycles. The van der Waals surface area contributed by atoms with Gasteiger partial charge >= 0.3 is 6.18 Å². The number of amides is 2. The molecule has 0 aliphatic carbocycles. The van der Waals surface area contributed by atoms with Gasteiger partial charge in [-0.15, -0.1) is 0 Å². The quantitative estimate of drug-likeness (QED) is 0.320. The van der Waals surface area contributed by atoms with Gasteiger partial charge in [0.05, 0.1) is 22.5 Å². The Hall–Kier alpha value is -3.57. The predicted molar refractivity (Wildman–Crippen MR) is 153 cm³/mol. The molecule has 0 saturated heterocycles. The highest BCUT2D eigenvalue weighted by Crippen LogP contribution is 2.37. The van der Waals surface area contributed by atoms with Crippen LogP contribution >= 0.6 is 11.6 Å². The zero-order chi connectivity index (χ0) is 30.4. The monoisotopic (exact) mass is 609 g/mol. The van der Waals surface area contributed by atoms with E-state index < -0.39 is 51.2 Å². The average molecular weight is 610 g/mol. The van der Waals surface area contributed by atoms with E-state index in [0.717, 1.165) is 24.0 Å². The van der Waals surface area contributed by atoms with E-state index in [1.54, 1.807) is 68.4 Å². The Morgan fingerprint density at radius 1 is 0.927 bits per heavy atom. The highest BCUT2D eigenvalue weighted by atomic mass is 35.5. The van der Waals surface area contributed by atoms with E-state index in [1.807, 2.05) is 6.07 Å². The summed E-state index contributed by atoms with van der Waals surface area (Å²) in [6, 6.07) is 19.1. The third-order valence-corrected chi connectivity index (χ3v) is 7.59. The van der Waals surface area contributed by atoms with Crippen LogP contribution in [0.2, 0.25) is 5.02 Å². The van der Waals surface area contributed by atoms with Crippen molar-refractivity contribution in [1.29, 1.82) is 0 Å². The zero-order valence-electron chi connectivity index (χ0n) is 22.7. The van der Waals surface area contributed by atoms with Gasteiger partial charge in [-0.2, -0.15) is 13.2 Å². The number of anilines is 1. The van der Waals surface area contributed by atoms with Crippen LogP contribution in [0.25, 0.3) is 0 Å². The molecule has 7 nitrogen and oxygen atoms in total. The van der Waals surface area contributed by atoms with Gasteiger partial charge in [0.15, 0.2) is 0 Å². The first-order valence-corrected chi connectivity index (χ1v) is 14.9. The predicted octanol–water partition coefficient (Wildman–Crippen LogP) is 5.29. The lowest BCUT2D eigenvalue weighted by molar-refractivity contribution is -0.140. The van der Waals surface area contributed by atoms with Crippen molar-refractivity contribution in [3.8, 4) is 0 Å². The van der Waals surface area contributed by atoms with Gasteiger partial charge < -0.3 is 10.2 Å². The summed E-state index contributed by atoms with van der Waals surface area (Å²) in [5.74, 6) is -1.23. The maximum atomic E-state index is 13.9. The Balaban J connectivity index is 2.08. The number of hydrogen-bond donors (Lipinski definition) is 1. The van der Waals surface area contributed by atoms with Crippen LogP contribution in [0.1, 0.15) is 30.5 Å². The van der Waals surface area contributed by atoms with Crippen LogP contribution in [-0.2, 0) is 38.8 Å².